The van der Waals surface area contributed by atoms with E-state index in [9.17, 15) is 0 Å². The lowest BCUT2D eigenvalue weighted by Crippen LogP contribution is -2.50. The second-order valence-electron chi connectivity index (χ2n) is 8.38. The van der Waals surface area contributed by atoms with Gasteiger partial charge < -0.3 is 9.80 Å². The van der Waals surface area contributed by atoms with Crippen molar-refractivity contribution in [2.45, 2.75) is 31.7 Å². The summed E-state index contributed by atoms with van der Waals surface area (Å²) in [6, 6.07) is 13.7. The summed E-state index contributed by atoms with van der Waals surface area (Å²) in [6.07, 6.45) is 5.73. The molecule has 0 amide bonds. The summed E-state index contributed by atoms with van der Waals surface area (Å²) in [7, 11) is 0. The molecule has 3 fully saturated rings. The number of fused-ring (bicyclic) bond motifs is 1. The molecule has 1 aromatic carbocycles. The molecule has 138 valence electrons. The fourth-order valence-electron chi connectivity index (χ4n) is 4.77. The first kappa shape index (κ1) is 16.5. The molecule has 2 saturated heterocycles. The smallest absolute Gasteiger partial charge is 0.129 e. The second-order valence-corrected chi connectivity index (χ2v) is 8.38. The maximum Gasteiger partial charge on any atom is 0.129 e. The van der Waals surface area contributed by atoms with Crippen molar-refractivity contribution in [3.8, 4) is 0 Å². The average Bonchev–Trinajstić information content (AvgIpc) is 3.54. The summed E-state index contributed by atoms with van der Waals surface area (Å²) >= 11 is 0. The van der Waals surface area contributed by atoms with Gasteiger partial charge in [-0.15, -0.1) is 0 Å². The van der Waals surface area contributed by atoms with Gasteiger partial charge >= 0.3 is 0 Å². The first-order chi connectivity index (χ1) is 12.8. The van der Waals surface area contributed by atoms with E-state index < -0.39 is 0 Å². The van der Waals surface area contributed by atoms with Crippen LogP contribution in [0.2, 0.25) is 0 Å². The minimum Gasteiger partial charge on any atom is -0.354 e. The number of hydrogen-bond acceptors (Lipinski definition) is 4. The zero-order valence-electron chi connectivity index (χ0n) is 15.7. The molecular weight excluding hydrogens is 320 g/mol. The Kier molecular flexibility index (Phi) is 4.55. The molecule has 2 aliphatic heterocycles. The minimum absolute atomic E-state index is 0.884. The number of rotatable bonds is 4. The van der Waals surface area contributed by atoms with E-state index in [1.807, 2.05) is 0 Å². The molecule has 4 nitrogen and oxygen atoms in total. The molecule has 0 radical (unpaired) electrons. The SMILES string of the molecule is c1ccc2nc(N3CCN(CC4CCCN(C5CC5)C4)CC3)ccc2c1. The maximum absolute atomic E-state index is 4.88. The quantitative estimate of drug-likeness (QED) is 0.844. The van der Waals surface area contributed by atoms with Crippen LogP contribution < -0.4 is 4.90 Å². The van der Waals surface area contributed by atoms with Gasteiger partial charge in [-0.05, 0) is 56.3 Å². The van der Waals surface area contributed by atoms with Gasteiger partial charge in [0.2, 0.25) is 0 Å². The molecule has 5 rings (SSSR count). The number of aromatic nitrogens is 1. The highest BCUT2D eigenvalue weighted by molar-refractivity contribution is 5.80. The lowest BCUT2D eigenvalue weighted by atomic mass is 9.97. The summed E-state index contributed by atoms with van der Waals surface area (Å²) in [4.78, 5) is 12.8. The topological polar surface area (TPSA) is 22.6 Å². The van der Waals surface area contributed by atoms with E-state index in [4.69, 9.17) is 4.98 Å². The number of piperidine rings is 1. The van der Waals surface area contributed by atoms with Crippen LogP contribution in [0.4, 0.5) is 5.82 Å². The molecule has 0 N–H and O–H groups in total. The molecular formula is C22H30N4. The summed E-state index contributed by atoms with van der Waals surface area (Å²) in [6.45, 7) is 8.54. The number of nitrogens with zero attached hydrogens (tertiary/aromatic N) is 4. The molecule has 1 saturated carbocycles. The van der Waals surface area contributed by atoms with Crippen molar-refractivity contribution in [2.75, 3.05) is 50.7 Å². The van der Waals surface area contributed by atoms with Gasteiger partial charge in [0.1, 0.15) is 5.82 Å². The minimum atomic E-state index is 0.884. The Balaban J connectivity index is 1.16. The molecule has 1 aliphatic carbocycles. The number of hydrogen-bond donors (Lipinski definition) is 0. The third-order valence-corrected chi connectivity index (χ3v) is 6.41. The van der Waals surface area contributed by atoms with Gasteiger partial charge in [0.25, 0.3) is 0 Å². The van der Waals surface area contributed by atoms with E-state index >= 15 is 0 Å². The zero-order chi connectivity index (χ0) is 17.3. The largest absolute Gasteiger partial charge is 0.354 e. The van der Waals surface area contributed by atoms with Crippen molar-refractivity contribution in [3.63, 3.8) is 0 Å². The van der Waals surface area contributed by atoms with Gasteiger partial charge in [-0.1, -0.05) is 18.2 Å². The van der Waals surface area contributed by atoms with Gasteiger partial charge in [-0.2, -0.15) is 0 Å². The molecule has 1 unspecified atom stereocenters. The number of pyridine rings is 1. The van der Waals surface area contributed by atoms with E-state index in [0.717, 1.165) is 36.4 Å². The average molecular weight is 351 g/mol. The fraction of sp³-hybridized carbons (Fsp3) is 0.591. The summed E-state index contributed by atoms with van der Waals surface area (Å²) < 4.78 is 0. The monoisotopic (exact) mass is 350 g/mol. The Hall–Kier alpha value is -1.65. The van der Waals surface area contributed by atoms with Crippen LogP contribution in [0.1, 0.15) is 25.7 Å². The van der Waals surface area contributed by atoms with Crippen LogP contribution in [-0.4, -0.2) is 66.6 Å². The second kappa shape index (κ2) is 7.16. The molecule has 1 atom stereocenters. The summed E-state index contributed by atoms with van der Waals surface area (Å²) in [5.41, 5.74) is 1.11. The molecule has 26 heavy (non-hydrogen) atoms. The number of para-hydroxylation sites is 1. The lowest BCUT2D eigenvalue weighted by molar-refractivity contribution is 0.124. The van der Waals surface area contributed by atoms with Crippen molar-refractivity contribution < 1.29 is 0 Å². The Labute approximate surface area is 156 Å². The standard InChI is InChI=1S/C22H30N4/c1-2-6-21-19(5-1)7-10-22(23-21)25-14-12-24(13-15-25)16-18-4-3-11-26(17-18)20-8-9-20/h1-2,5-7,10,18,20H,3-4,8-9,11-17H2. The van der Waals surface area contributed by atoms with E-state index in [0.29, 0.717) is 0 Å². The first-order valence-corrected chi connectivity index (χ1v) is 10.4. The first-order valence-electron chi connectivity index (χ1n) is 10.4. The van der Waals surface area contributed by atoms with Gasteiger partial charge in [0, 0.05) is 50.7 Å². The van der Waals surface area contributed by atoms with E-state index in [1.165, 1.54) is 63.8 Å². The molecule has 0 spiro atoms. The maximum atomic E-state index is 4.88. The third kappa shape index (κ3) is 3.58. The fourth-order valence-corrected chi connectivity index (χ4v) is 4.77. The van der Waals surface area contributed by atoms with Gasteiger partial charge in [0.05, 0.1) is 5.52 Å². The molecule has 1 aromatic heterocycles. The van der Waals surface area contributed by atoms with Crippen molar-refractivity contribution in [2.24, 2.45) is 5.92 Å². The van der Waals surface area contributed by atoms with Gasteiger partial charge in [-0.3, -0.25) is 4.90 Å². The van der Waals surface area contributed by atoms with Crippen LogP contribution in [0.15, 0.2) is 36.4 Å². The van der Waals surface area contributed by atoms with Crippen LogP contribution in [-0.2, 0) is 0 Å². The predicted molar refractivity (Wildman–Crippen MR) is 108 cm³/mol. The van der Waals surface area contributed by atoms with Gasteiger partial charge in [-0.25, -0.2) is 4.98 Å². The highest BCUT2D eigenvalue weighted by Gasteiger charge is 2.33. The molecule has 2 aromatic rings. The van der Waals surface area contributed by atoms with Crippen molar-refractivity contribution in [3.05, 3.63) is 36.4 Å². The van der Waals surface area contributed by atoms with Crippen molar-refractivity contribution in [1.82, 2.24) is 14.8 Å². The lowest BCUT2D eigenvalue weighted by Gasteiger charge is -2.39. The van der Waals surface area contributed by atoms with Crippen LogP contribution in [0, 0.1) is 5.92 Å². The van der Waals surface area contributed by atoms with E-state index in [-0.39, 0.29) is 0 Å². The third-order valence-electron chi connectivity index (χ3n) is 6.41. The van der Waals surface area contributed by atoms with Crippen molar-refractivity contribution in [1.29, 1.82) is 0 Å². The Morgan fingerprint density at radius 2 is 1.73 bits per heavy atom. The number of likely N-dealkylation sites (tertiary alicyclic amines) is 1. The number of anilines is 1. The molecule has 4 heteroatoms. The highest BCUT2D eigenvalue weighted by Crippen LogP contribution is 2.31. The van der Waals surface area contributed by atoms with E-state index in [1.54, 1.807) is 0 Å². The molecule has 0 bridgehead atoms. The predicted octanol–water partition coefficient (Wildman–Crippen LogP) is 3.23. The Bertz CT molecular complexity index is 749. The highest BCUT2D eigenvalue weighted by atomic mass is 15.3. The summed E-state index contributed by atoms with van der Waals surface area (Å²) in [5.74, 6) is 2.02. The van der Waals surface area contributed by atoms with Gasteiger partial charge in [0.15, 0.2) is 0 Å². The normalized spacial score (nSPS) is 25.7. The van der Waals surface area contributed by atoms with E-state index in [2.05, 4.69) is 51.1 Å². The molecule has 3 heterocycles. The number of piperazine rings is 1. The van der Waals surface area contributed by atoms with Crippen molar-refractivity contribution >= 4 is 16.7 Å². The van der Waals surface area contributed by atoms with Crippen LogP contribution in [0.5, 0.6) is 0 Å². The summed E-state index contributed by atoms with van der Waals surface area (Å²) in [5, 5.41) is 1.23. The Morgan fingerprint density at radius 1 is 0.885 bits per heavy atom. The van der Waals surface area contributed by atoms with Crippen LogP contribution in [0.3, 0.4) is 0 Å². The molecule has 3 aliphatic rings. The number of benzene rings is 1. The van der Waals surface area contributed by atoms with Crippen LogP contribution in [0.25, 0.3) is 10.9 Å². The zero-order valence-corrected chi connectivity index (χ0v) is 15.7. The Morgan fingerprint density at radius 3 is 2.58 bits per heavy atom. The van der Waals surface area contributed by atoms with Crippen LogP contribution >= 0.6 is 0 Å².